The van der Waals surface area contributed by atoms with Crippen LogP contribution < -0.4 is 5.32 Å². The van der Waals surface area contributed by atoms with E-state index < -0.39 is 29.4 Å². The van der Waals surface area contributed by atoms with E-state index in [2.05, 4.69) is 5.32 Å². The number of rotatable bonds is 2. The first kappa shape index (κ1) is 16.4. The molecule has 2 heterocycles. The predicted molar refractivity (Wildman–Crippen MR) is 91.4 cm³/mol. The van der Waals surface area contributed by atoms with Gasteiger partial charge in [0, 0.05) is 34.9 Å². The molecule has 3 nitrogen and oxygen atoms in total. The number of nitrogens with one attached hydrogen (secondary N) is 1. The number of hydrogen-bond donors (Lipinski definition) is 2. The highest BCUT2D eigenvalue weighted by Gasteiger charge is 2.46. The molecule has 25 heavy (non-hydrogen) atoms. The molecule has 0 saturated carbocycles. The van der Waals surface area contributed by atoms with Crippen LogP contribution in [0, 0.1) is 11.6 Å². The fourth-order valence-electron chi connectivity index (χ4n) is 4.02. The molecule has 6 heteroatoms. The van der Waals surface area contributed by atoms with E-state index in [0.717, 1.165) is 0 Å². The molecule has 2 N–H and O–H groups in total. The minimum absolute atomic E-state index is 0.120. The highest BCUT2D eigenvalue weighted by molar-refractivity contribution is 6.08. The maximum absolute atomic E-state index is 15.6. The van der Waals surface area contributed by atoms with Gasteiger partial charge in [0.25, 0.3) is 0 Å². The number of aliphatic hydroxyl groups is 1. The molecule has 4 rings (SSSR count). The summed E-state index contributed by atoms with van der Waals surface area (Å²) in [7, 11) is 0. The van der Waals surface area contributed by atoms with Crippen molar-refractivity contribution in [3.05, 3.63) is 48.0 Å². The average Bonchev–Trinajstić information content (AvgIpc) is 2.88. The highest BCUT2D eigenvalue weighted by atomic mass is 19.1. The molecule has 1 saturated heterocycles. The second kappa shape index (κ2) is 5.75. The highest BCUT2D eigenvalue weighted by Crippen LogP contribution is 2.41. The number of fused-ring (bicyclic) bond motifs is 3. The van der Waals surface area contributed by atoms with Gasteiger partial charge in [-0.15, -0.1) is 0 Å². The van der Waals surface area contributed by atoms with Crippen LogP contribution in [0.15, 0.2) is 36.4 Å². The Balaban J connectivity index is 2.08. The molecule has 1 aliphatic heterocycles. The van der Waals surface area contributed by atoms with Crippen molar-refractivity contribution in [2.24, 2.45) is 0 Å². The van der Waals surface area contributed by atoms with Gasteiger partial charge in [-0.1, -0.05) is 6.92 Å². The summed E-state index contributed by atoms with van der Waals surface area (Å²) >= 11 is 0. The maximum atomic E-state index is 15.6. The van der Waals surface area contributed by atoms with Gasteiger partial charge < -0.3 is 15.0 Å². The third kappa shape index (κ3) is 2.43. The van der Waals surface area contributed by atoms with E-state index in [9.17, 15) is 13.9 Å². The molecule has 1 aromatic heterocycles. The first-order valence-electron chi connectivity index (χ1n) is 8.41. The SMILES string of the molecule is CCC1(F)CNCC(O)C1n1c2ccc(F)cc2c2cc(F)ccc21. The molecule has 1 fully saturated rings. The zero-order valence-corrected chi connectivity index (χ0v) is 13.8. The van der Waals surface area contributed by atoms with Crippen molar-refractivity contribution in [3.8, 4) is 0 Å². The topological polar surface area (TPSA) is 37.2 Å². The molecule has 0 aliphatic carbocycles. The van der Waals surface area contributed by atoms with E-state index in [0.29, 0.717) is 21.8 Å². The Morgan fingerprint density at radius 3 is 2.20 bits per heavy atom. The molecule has 0 amide bonds. The molecular weight excluding hydrogens is 329 g/mol. The van der Waals surface area contributed by atoms with Gasteiger partial charge in [-0.05, 0) is 42.8 Å². The lowest BCUT2D eigenvalue weighted by atomic mass is 9.85. The van der Waals surface area contributed by atoms with Gasteiger partial charge in [0.2, 0.25) is 0 Å². The van der Waals surface area contributed by atoms with Crippen LogP contribution in [0.25, 0.3) is 21.8 Å². The maximum Gasteiger partial charge on any atom is 0.146 e. The van der Waals surface area contributed by atoms with E-state index in [1.807, 2.05) is 0 Å². The van der Waals surface area contributed by atoms with Crippen LogP contribution in [-0.4, -0.2) is 34.5 Å². The van der Waals surface area contributed by atoms with Crippen molar-refractivity contribution >= 4 is 21.8 Å². The summed E-state index contributed by atoms with van der Waals surface area (Å²) in [5, 5.41) is 14.5. The zero-order chi connectivity index (χ0) is 17.8. The number of piperidine rings is 1. The van der Waals surface area contributed by atoms with Gasteiger partial charge in [0.15, 0.2) is 0 Å². The Labute approximate surface area is 143 Å². The lowest BCUT2D eigenvalue weighted by Crippen LogP contribution is -2.56. The van der Waals surface area contributed by atoms with E-state index in [1.54, 1.807) is 23.6 Å². The van der Waals surface area contributed by atoms with Crippen LogP contribution in [0.4, 0.5) is 13.2 Å². The van der Waals surface area contributed by atoms with Crippen LogP contribution >= 0.6 is 0 Å². The Morgan fingerprint density at radius 1 is 1.12 bits per heavy atom. The number of hydrogen-bond acceptors (Lipinski definition) is 2. The van der Waals surface area contributed by atoms with Crippen molar-refractivity contribution in [1.29, 1.82) is 0 Å². The van der Waals surface area contributed by atoms with E-state index in [4.69, 9.17) is 0 Å². The quantitative estimate of drug-likeness (QED) is 0.741. The first-order valence-corrected chi connectivity index (χ1v) is 8.41. The second-order valence-electron chi connectivity index (χ2n) is 6.72. The fraction of sp³-hybridized carbons (Fsp3) is 0.368. The van der Waals surface area contributed by atoms with Gasteiger partial charge in [0.1, 0.15) is 17.3 Å². The minimum Gasteiger partial charge on any atom is -0.390 e. The smallest absolute Gasteiger partial charge is 0.146 e. The minimum atomic E-state index is -1.67. The number of β-amino-alcohol motifs (C(OH)–C–C–N with tert-alkyl or cyclic N) is 1. The van der Waals surface area contributed by atoms with Crippen molar-refractivity contribution in [3.63, 3.8) is 0 Å². The molecule has 2 aromatic carbocycles. The number of aromatic nitrogens is 1. The first-order chi connectivity index (χ1) is 11.9. The van der Waals surface area contributed by atoms with E-state index in [-0.39, 0.29) is 19.5 Å². The third-order valence-electron chi connectivity index (χ3n) is 5.26. The largest absolute Gasteiger partial charge is 0.390 e. The standard InChI is InChI=1S/C19H19F3N2O/c1-2-19(22)10-23-9-17(25)18(19)24-15-5-3-11(20)7-13(15)14-8-12(21)4-6-16(14)24/h3-8,17-18,23,25H,2,9-10H2,1H3. The van der Waals surface area contributed by atoms with Gasteiger partial charge >= 0.3 is 0 Å². The molecule has 1 aliphatic rings. The molecule has 3 atom stereocenters. The van der Waals surface area contributed by atoms with Crippen molar-refractivity contribution in [2.75, 3.05) is 13.1 Å². The number of alkyl halides is 1. The predicted octanol–water partition coefficient (Wildman–Crippen LogP) is 3.70. The van der Waals surface area contributed by atoms with Crippen LogP contribution in [0.1, 0.15) is 19.4 Å². The lowest BCUT2D eigenvalue weighted by Gasteiger charge is -2.42. The normalized spacial score (nSPS) is 27.2. The number of aliphatic hydroxyl groups excluding tert-OH is 1. The average molecular weight is 348 g/mol. The molecule has 3 unspecified atom stereocenters. The Morgan fingerprint density at radius 2 is 1.68 bits per heavy atom. The van der Waals surface area contributed by atoms with Crippen molar-refractivity contribution in [1.82, 2.24) is 9.88 Å². The summed E-state index contributed by atoms with van der Waals surface area (Å²) in [5.74, 6) is -0.882. The number of nitrogens with zero attached hydrogens (tertiary/aromatic N) is 1. The fourth-order valence-corrected chi connectivity index (χ4v) is 4.02. The van der Waals surface area contributed by atoms with Crippen molar-refractivity contribution in [2.45, 2.75) is 31.2 Å². The summed E-state index contributed by atoms with van der Waals surface area (Å²) in [6, 6.07) is 7.54. The Hall–Kier alpha value is -2.05. The Bertz CT molecular complexity index is 895. The molecule has 0 radical (unpaired) electrons. The van der Waals surface area contributed by atoms with Gasteiger partial charge in [-0.25, -0.2) is 13.2 Å². The summed E-state index contributed by atoms with van der Waals surface area (Å²) in [6.45, 7) is 2.12. The molecule has 3 aromatic rings. The van der Waals surface area contributed by atoms with Crippen molar-refractivity contribution < 1.29 is 18.3 Å². The summed E-state index contributed by atoms with van der Waals surface area (Å²) in [4.78, 5) is 0. The van der Waals surface area contributed by atoms with Gasteiger partial charge in [-0.3, -0.25) is 0 Å². The Kier molecular flexibility index (Phi) is 3.77. The summed E-state index contributed by atoms with van der Waals surface area (Å²) < 4.78 is 44.9. The molecule has 0 bridgehead atoms. The van der Waals surface area contributed by atoms with E-state index >= 15 is 4.39 Å². The number of benzene rings is 2. The number of halogens is 3. The van der Waals surface area contributed by atoms with Gasteiger partial charge in [-0.2, -0.15) is 0 Å². The van der Waals surface area contributed by atoms with Crippen LogP contribution in [0.5, 0.6) is 0 Å². The van der Waals surface area contributed by atoms with Crippen LogP contribution in [0.3, 0.4) is 0 Å². The third-order valence-corrected chi connectivity index (χ3v) is 5.26. The molecular formula is C19H19F3N2O. The zero-order valence-electron chi connectivity index (χ0n) is 13.8. The lowest BCUT2D eigenvalue weighted by molar-refractivity contribution is -0.0275. The van der Waals surface area contributed by atoms with E-state index in [1.165, 1.54) is 24.3 Å². The van der Waals surface area contributed by atoms with Crippen LogP contribution in [0.2, 0.25) is 0 Å². The summed E-state index contributed by atoms with van der Waals surface area (Å²) in [6.07, 6.45) is -0.738. The van der Waals surface area contributed by atoms with Crippen LogP contribution in [-0.2, 0) is 0 Å². The molecule has 0 spiro atoms. The van der Waals surface area contributed by atoms with Gasteiger partial charge in [0.05, 0.1) is 12.1 Å². The molecule has 132 valence electrons. The second-order valence-corrected chi connectivity index (χ2v) is 6.72. The summed E-state index contributed by atoms with van der Waals surface area (Å²) in [5.41, 5.74) is -0.494. The monoisotopic (exact) mass is 348 g/mol.